The van der Waals surface area contributed by atoms with Crippen LogP contribution in [0.2, 0.25) is 0 Å². The van der Waals surface area contributed by atoms with Gasteiger partial charge in [-0.3, -0.25) is 10.1 Å². The van der Waals surface area contributed by atoms with Gasteiger partial charge in [0.25, 0.3) is 0 Å². The summed E-state index contributed by atoms with van der Waals surface area (Å²) in [5.41, 5.74) is -0.181. The molecule has 7 heteroatoms. The molecule has 0 bridgehead atoms. The summed E-state index contributed by atoms with van der Waals surface area (Å²) in [6, 6.07) is 2.18. The summed E-state index contributed by atoms with van der Waals surface area (Å²) in [6.07, 6.45) is 1.97. The third-order valence-electron chi connectivity index (χ3n) is 2.72. The van der Waals surface area contributed by atoms with Crippen molar-refractivity contribution in [3.63, 3.8) is 0 Å². The van der Waals surface area contributed by atoms with Crippen molar-refractivity contribution in [1.29, 1.82) is 0 Å². The van der Waals surface area contributed by atoms with Crippen molar-refractivity contribution in [2.75, 3.05) is 25.2 Å². The number of hydrogen-bond donors (Lipinski definition) is 1. The second kappa shape index (κ2) is 6.10. The molecule has 0 unspecified atom stereocenters. The first-order valence-corrected chi connectivity index (χ1v) is 6.84. The van der Waals surface area contributed by atoms with Gasteiger partial charge in [-0.1, -0.05) is 0 Å². The predicted octanol–water partition coefficient (Wildman–Crippen LogP) is 3.30. The maximum absolute atomic E-state index is 13.8. The Morgan fingerprint density at radius 3 is 2.63 bits per heavy atom. The van der Waals surface area contributed by atoms with Crippen LogP contribution in [-0.4, -0.2) is 29.6 Å². The molecule has 0 heterocycles. The standard InChI is InChI=1S/C12H17FN2O3S/c1-12(2,19-4)7-14-9-6-11(18-3)10(15(16)17)5-8(9)13/h5-6,14H,7H2,1-4H3. The van der Waals surface area contributed by atoms with Crippen molar-refractivity contribution in [1.82, 2.24) is 0 Å². The zero-order valence-electron chi connectivity index (χ0n) is 11.3. The Morgan fingerprint density at radius 2 is 2.16 bits per heavy atom. The van der Waals surface area contributed by atoms with Gasteiger partial charge in [-0.05, 0) is 20.1 Å². The average Bonchev–Trinajstić information content (AvgIpc) is 2.36. The minimum absolute atomic E-state index is 0.0378. The van der Waals surface area contributed by atoms with Gasteiger partial charge in [0.1, 0.15) is 0 Å². The van der Waals surface area contributed by atoms with Crippen LogP contribution in [0, 0.1) is 15.9 Å². The van der Waals surface area contributed by atoms with E-state index in [0.717, 1.165) is 6.07 Å². The number of nitrogens with zero attached hydrogens (tertiary/aromatic N) is 1. The van der Waals surface area contributed by atoms with Gasteiger partial charge in [-0.25, -0.2) is 4.39 Å². The Kier molecular flexibility index (Phi) is 4.99. The summed E-state index contributed by atoms with van der Waals surface area (Å²) >= 11 is 1.65. The van der Waals surface area contributed by atoms with Crippen molar-refractivity contribution < 1.29 is 14.1 Å². The molecular formula is C12H17FN2O3S. The zero-order chi connectivity index (χ0) is 14.6. The molecule has 0 radical (unpaired) electrons. The van der Waals surface area contributed by atoms with Crippen LogP contribution in [-0.2, 0) is 0 Å². The number of rotatable bonds is 6. The lowest BCUT2D eigenvalue weighted by Gasteiger charge is -2.23. The molecule has 0 fully saturated rings. The van der Waals surface area contributed by atoms with Crippen LogP contribution >= 0.6 is 11.8 Å². The van der Waals surface area contributed by atoms with Crippen molar-refractivity contribution in [2.24, 2.45) is 0 Å². The molecule has 0 saturated carbocycles. The minimum Gasteiger partial charge on any atom is -0.490 e. The van der Waals surface area contributed by atoms with E-state index in [1.54, 1.807) is 11.8 Å². The summed E-state index contributed by atoms with van der Waals surface area (Å²) in [6.45, 7) is 4.57. The highest BCUT2D eigenvalue weighted by Crippen LogP contribution is 2.33. The smallest absolute Gasteiger partial charge is 0.313 e. The fourth-order valence-electron chi connectivity index (χ4n) is 1.36. The summed E-state index contributed by atoms with van der Waals surface area (Å²) in [4.78, 5) is 10.1. The Balaban J connectivity index is 3.00. The molecule has 1 N–H and O–H groups in total. The van der Waals surface area contributed by atoms with Crippen LogP contribution in [0.3, 0.4) is 0 Å². The molecule has 5 nitrogen and oxygen atoms in total. The van der Waals surface area contributed by atoms with Crippen molar-refractivity contribution in [3.05, 3.63) is 28.1 Å². The first kappa shape index (κ1) is 15.6. The normalized spacial score (nSPS) is 11.2. The molecule has 1 aromatic rings. The third-order valence-corrected chi connectivity index (χ3v) is 3.97. The van der Waals surface area contributed by atoms with Crippen molar-refractivity contribution in [3.8, 4) is 5.75 Å². The molecule has 19 heavy (non-hydrogen) atoms. The third kappa shape index (κ3) is 3.99. The number of thioether (sulfide) groups is 1. The van der Waals surface area contributed by atoms with Gasteiger partial charge in [-0.15, -0.1) is 0 Å². The first-order chi connectivity index (χ1) is 8.80. The molecule has 0 amide bonds. The van der Waals surface area contributed by atoms with Crippen LogP contribution in [0.4, 0.5) is 15.8 Å². The number of hydrogen-bond acceptors (Lipinski definition) is 5. The molecule has 106 valence electrons. The fraction of sp³-hybridized carbons (Fsp3) is 0.500. The van der Waals surface area contributed by atoms with Gasteiger partial charge in [0.2, 0.25) is 0 Å². The molecular weight excluding hydrogens is 271 g/mol. The van der Waals surface area contributed by atoms with Gasteiger partial charge in [0.15, 0.2) is 11.6 Å². The Bertz CT molecular complexity index is 480. The predicted molar refractivity (Wildman–Crippen MR) is 75.7 cm³/mol. The largest absolute Gasteiger partial charge is 0.490 e. The number of nitrogens with one attached hydrogen (secondary N) is 1. The van der Waals surface area contributed by atoms with E-state index in [9.17, 15) is 14.5 Å². The summed E-state index contributed by atoms with van der Waals surface area (Å²) in [7, 11) is 1.32. The topological polar surface area (TPSA) is 64.4 Å². The van der Waals surface area contributed by atoms with E-state index >= 15 is 0 Å². The number of ether oxygens (including phenoxy) is 1. The monoisotopic (exact) mass is 288 g/mol. The van der Waals surface area contributed by atoms with Crippen LogP contribution < -0.4 is 10.1 Å². The number of halogens is 1. The van der Waals surface area contributed by atoms with Gasteiger partial charge in [0, 0.05) is 17.4 Å². The second-order valence-electron chi connectivity index (χ2n) is 4.58. The minimum atomic E-state index is -0.669. The highest BCUT2D eigenvalue weighted by molar-refractivity contribution is 7.99. The Hall–Kier alpha value is -1.50. The van der Waals surface area contributed by atoms with E-state index in [1.165, 1.54) is 13.2 Å². The average molecular weight is 288 g/mol. The second-order valence-corrected chi connectivity index (χ2v) is 6.09. The lowest BCUT2D eigenvalue weighted by molar-refractivity contribution is -0.385. The van der Waals surface area contributed by atoms with E-state index in [-0.39, 0.29) is 21.9 Å². The maximum atomic E-state index is 13.8. The van der Waals surface area contributed by atoms with Gasteiger partial charge < -0.3 is 10.1 Å². The first-order valence-electron chi connectivity index (χ1n) is 5.61. The Morgan fingerprint density at radius 1 is 1.53 bits per heavy atom. The lowest BCUT2D eigenvalue weighted by Crippen LogP contribution is -2.26. The number of nitro benzene ring substituents is 1. The van der Waals surface area contributed by atoms with E-state index in [0.29, 0.717) is 6.54 Å². The van der Waals surface area contributed by atoms with Gasteiger partial charge >= 0.3 is 5.69 Å². The maximum Gasteiger partial charge on any atom is 0.313 e. The quantitative estimate of drug-likeness (QED) is 0.642. The van der Waals surface area contributed by atoms with Crippen LogP contribution in [0.15, 0.2) is 12.1 Å². The van der Waals surface area contributed by atoms with Crippen LogP contribution in [0.1, 0.15) is 13.8 Å². The highest BCUT2D eigenvalue weighted by Gasteiger charge is 2.21. The summed E-state index contributed by atoms with van der Waals surface area (Å²) in [5.74, 6) is -0.625. The molecule has 0 aliphatic rings. The Labute approximate surface area is 115 Å². The number of methoxy groups -OCH3 is 1. The number of nitro groups is 1. The summed E-state index contributed by atoms with van der Waals surface area (Å²) in [5, 5.41) is 13.7. The molecule has 0 saturated heterocycles. The van der Waals surface area contributed by atoms with Gasteiger partial charge in [0.05, 0.1) is 23.8 Å². The zero-order valence-corrected chi connectivity index (χ0v) is 12.1. The van der Waals surface area contributed by atoms with E-state index in [4.69, 9.17) is 4.74 Å². The molecule has 0 aliphatic carbocycles. The van der Waals surface area contributed by atoms with Crippen LogP contribution in [0.5, 0.6) is 5.75 Å². The molecule has 0 spiro atoms. The molecule has 0 aliphatic heterocycles. The van der Waals surface area contributed by atoms with Gasteiger partial charge in [-0.2, -0.15) is 11.8 Å². The van der Waals surface area contributed by atoms with Crippen molar-refractivity contribution >= 4 is 23.1 Å². The highest BCUT2D eigenvalue weighted by atomic mass is 32.2. The lowest BCUT2D eigenvalue weighted by atomic mass is 10.2. The van der Waals surface area contributed by atoms with Crippen molar-refractivity contribution in [2.45, 2.75) is 18.6 Å². The molecule has 1 aromatic carbocycles. The number of benzene rings is 1. The fourth-order valence-corrected chi connectivity index (χ4v) is 1.58. The SMILES string of the molecule is COc1cc(NCC(C)(C)SC)c(F)cc1[N+](=O)[O-]. The summed E-state index contributed by atoms with van der Waals surface area (Å²) < 4.78 is 18.6. The van der Waals surface area contributed by atoms with E-state index < -0.39 is 10.7 Å². The van der Waals surface area contributed by atoms with E-state index in [1.807, 2.05) is 20.1 Å². The van der Waals surface area contributed by atoms with E-state index in [2.05, 4.69) is 5.32 Å². The number of anilines is 1. The molecule has 1 rings (SSSR count). The molecule has 0 atom stereocenters. The van der Waals surface area contributed by atoms with Crippen LogP contribution in [0.25, 0.3) is 0 Å². The molecule has 0 aromatic heterocycles.